The summed E-state index contributed by atoms with van der Waals surface area (Å²) in [6.07, 6.45) is 0. The molecule has 0 aliphatic rings. The van der Waals surface area contributed by atoms with Crippen molar-refractivity contribution in [1.29, 1.82) is 0 Å². The van der Waals surface area contributed by atoms with Gasteiger partial charge in [-0.15, -0.1) is 0 Å². The molecule has 0 spiro atoms. The smallest absolute Gasteiger partial charge is 0.120 e. The molecule has 0 aromatic heterocycles. The van der Waals surface area contributed by atoms with Crippen LogP contribution in [0.25, 0.3) is 0 Å². The molecule has 0 saturated heterocycles. The number of hydrogen-bond donors (Lipinski definition) is 6. The zero-order valence-electron chi connectivity index (χ0n) is 14.1. The number of aryl methyl sites for hydroxylation is 2. The zero-order valence-corrected chi connectivity index (χ0v) is 14.1. The second-order valence-corrected chi connectivity index (χ2v) is 5.30. The molecular formula is C18H26N2O4. The van der Waals surface area contributed by atoms with Crippen LogP contribution in [0.2, 0.25) is 0 Å². The predicted molar refractivity (Wildman–Crippen MR) is 96.8 cm³/mol. The molecule has 0 heterocycles. The molecule has 6 N–H and O–H groups in total. The first-order valence-corrected chi connectivity index (χ1v) is 7.76. The molecule has 2 aromatic rings. The van der Waals surface area contributed by atoms with E-state index in [1.54, 1.807) is 12.1 Å². The third-order valence-corrected chi connectivity index (χ3v) is 3.30. The lowest BCUT2D eigenvalue weighted by molar-refractivity contribution is 0.310. The third-order valence-electron chi connectivity index (χ3n) is 3.30. The lowest BCUT2D eigenvalue weighted by Gasteiger charge is -2.05. The maximum absolute atomic E-state index is 9.30. The molecule has 0 amide bonds. The van der Waals surface area contributed by atoms with E-state index in [0.717, 1.165) is 22.5 Å². The van der Waals surface area contributed by atoms with Crippen LogP contribution in [0.5, 0.6) is 11.5 Å². The summed E-state index contributed by atoms with van der Waals surface area (Å²) in [4.78, 5) is 0. The van der Waals surface area contributed by atoms with Gasteiger partial charge in [0.1, 0.15) is 11.5 Å². The lowest BCUT2D eigenvalue weighted by Crippen LogP contribution is -2.04. The molecule has 0 fully saturated rings. The van der Waals surface area contributed by atoms with Crippen LogP contribution in [0.1, 0.15) is 11.1 Å². The first-order chi connectivity index (χ1) is 11.5. The Balaban J connectivity index is 0.000000240. The number of hydrogen-bond acceptors (Lipinski definition) is 6. The molecular weight excluding hydrogens is 308 g/mol. The Morgan fingerprint density at radius 2 is 1.08 bits per heavy atom. The SMILES string of the molecule is Cc1ccc(NCCO)cc1O.Cc1ccc(NCCO)cc1O. The number of phenols is 2. The second-order valence-electron chi connectivity index (χ2n) is 5.30. The van der Waals surface area contributed by atoms with E-state index in [2.05, 4.69) is 10.6 Å². The van der Waals surface area contributed by atoms with Gasteiger partial charge in [0.15, 0.2) is 0 Å². The maximum Gasteiger partial charge on any atom is 0.120 e. The highest BCUT2D eigenvalue weighted by Gasteiger charge is 1.97. The highest BCUT2D eigenvalue weighted by Crippen LogP contribution is 2.21. The molecule has 0 atom stereocenters. The Hall–Kier alpha value is -2.44. The molecule has 6 heteroatoms. The average molecular weight is 334 g/mol. The minimum absolute atomic E-state index is 0.0919. The number of aliphatic hydroxyl groups is 2. The Kier molecular flexibility index (Phi) is 8.46. The fraction of sp³-hybridized carbons (Fsp3) is 0.333. The van der Waals surface area contributed by atoms with Gasteiger partial charge in [0, 0.05) is 36.6 Å². The summed E-state index contributed by atoms with van der Waals surface area (Å²) in [5.41, 5.74) is 3.35. The van der Waals surface area contributed by atoms with Crippen molar-refractivity contribution in [2.45, 2.75) is 13.8 Å². The normalized spacial score (nSPS) is 9.83. The summed E-state index contributed by atoms with van der Waals surface area (Å²) in [6.45, 7) is 4.87. The van der Waals surface area contributed by atoms with Crippen molar-refractivity contribution >= 4 is 11.4 Å². The van der Waals surface area contributed by atoms with E-state index in [1.165, 1.54) is 0 Å². The van der Waals surface area contributed by atoms with E-state index in [0.29, 0.717) is 13.1 Å². The van der Waals surface area contributed by atoms with E-state index in [4.69, 9.17) is 10.2 Å². The van der Waals surface area contributed by atoms with Crippen LogP contribution in [-0.4, -0.2) is 46.7 Å². The van der Waals surface area contributed by atoms with Crippen molar-refractivity contribution in [3.8, 4) is 11.5 Å². The predicted octanol–water partition coefficient (Wildman–Crippen LogP) is 2.21. The van der Waals surface area contributed by atoms with Crippen LogP contribution >= 0.6 is 0 Å². The molecule has 2 aromatic carbocycles. The fourth-order valence-electron chi connectivity index (χ4n) is 1.84. The van der Waals surface area contributed by atoms with Gasteiger partial charge in [-0.25, -0.2) is 0 Å². The number of benzene rings is 2. The number of nitrogens with one attached hydrogen (secondary N) is 2. The third kappa shape index (κ3) is 6.76. The van der Waals surface area contributed by atoms with Gasteiger partial charge in [0.05, 0.1) is 13.2 Å². The quantitative estimate of drug-likeness (QED) is 0.484. The van der Waals surface area contributed by atoms with Crippen LogP contribution < -0.4 is 10.6 Å². The number of rotatable bonds is 6. The van der Waals surface area contributed by atoms with E-state index in [-0.39, 0.29) is 24.7 Å². The number of aliphatic hydroxyl groups excluding tert-OH is 2. The molecule has 0 aliphatic carbocycles. The average Bonchev–Trinajstić information content (AvgIpc) is 2.57. The summed E-state index contributed by atoms with van der Waals surface area (Å²) in [5.74, 6) is 0.552. The summed E-state index contributed by atoms with van der Waals surface area (Å²) in [6, 6.07) is 10.7. The largest absolute Gasteiger partial charge is 0.508 e. The maximum atomic E-state index is 9.30. The van der Waals surface area contributed by atoms with Crippen LogP contribution in [0.4, 0.5) is 11.4 Å². The molecule has 6 nitrogen and oxygen atoms in total. The summed E-state index contributed by atoms with van der Waals surface area (Å²) in [7, 11) is 0. The van der Waals surface area contributed by atoms with Crippen molar-refractivity contribution in [1.82, 2.24) is 0 Å². The highest BCUT2D eigenvalue weighted by molar-refractivity contribution is 5.51. The van der Waals surface area contributed by atoms with Crippen molar-refractivity contribution < 1.29 is 20.4 Å². The van der Waals surface area contributed by atoms with E-state index >= 15 is 0 Å². The Bertz CT molecular complexity index is 577. The first kappa shape index (κ1) is 19.6. The standard InChI is InChI=1S/2C9H13NO2/c2*1-7-2-3-8(6-9(7)12)10-4-5-11/h2*2-3,6,10-12H,4-5H2,1H3. The van der Waals surface area contributed by atoms with Gasteiger partial charge in [-0.1, -0.05) is 12.1 Å². The van der Waals surface area contributed by atoms with Crippen molar-refractivity contribution in [2.75, 3.05) is 36.9 Å². The topological polar surface area (TPSA) is 105 Å². The van der Waals surface area contributed by atoms with E-state index < -0.39 is 0 Å². The molecule has 0 aliphatic heterocycles. The number of aromatic hydroxyl groups is 2. The minimum atomic E-state index is 0.0919. The fourth-order valence-corrected chi connectivity index (χ4v) is 1.84. The van der Waals surface area contributed by atoms with Crippen molar-refractivity contribution in [3.63, 3.8) is 0 Å². The molecule has 0 saturated carbocycles. The van der Waals surface area contributed by atoms with Gasteiger partial charge in [-0.3, -0.25) is 0 Å². The number of phenolic OH excluding ortho intramolecular Hbond substituents is 2. The first-order valence-electron chi connectivity index (χ1n) is 7.76. The number of anilines is 2. The van der Waals surface area contributed by atoms with Gasteiger partial charge in [-0.2, -0.15) is 0 Å². The Labute approximate surface area is 142 Å². The molecule has 132 valence electrons. The van der Waals surface area contributed by atoms with Gasteiger partial charge in [0.25, 0.3) is 0 Å². The van der Waals surface area contributed by atoms with E-state index in [1.807, 2.05) is 38.1 Å². The second kappa shape index (κ2) is 10.4. The van der Waals surface area contributed by atoms with E-state index in [9.17, 15) is 10.2 Å². The molecule has 0 bridgehead atoms. The van der Waals surface area contributed by atoms with Crippen LogP contribution in [-0.2, 0) is 0 Å². The van der Waals surface area contributed by atoms with Crippen molar-refractivity contribution in [3.05, 3.63) is 47.5 Å². The van der Waals surface area contributed by atoms with Crippen LogP contribution in [0, 0.1) is 13.8 Å². The van der Waals surface area contributed by atoms with Crippen molar-refractivity contribution in [2.24, 2.45) is 0 Å². The minimum Gasteiger partial charge on any atom is -0.508 e. The molecule has 0 unspecified atom stereocenters. The molecule has 0 radical (unpaired) electrons. The lowest BCUT2D eigenvalue weighted by atomic mass is 10.2. The van der Waals surface area contributed by atoms with Gasteiger partial charge >= 0.3 is 0 Å². The van der Waals surface area contributed by atoms with Crippen LogP contribution in [0.15, 0.2) is 36.4 Å². The van der Waals surface area contributed by atoms with Gasteiger partial charge in [-0.05, 0) is 37.1 Å². The summed E-state index contributed by atoms with van der Waals surface area (Å²) < 4.78 is 0. The summed E-state index contributed by atoms with van der Waals surface area (Å²) in [5, 5.41) is 41.6. The van der Waals surface area contributed by atoms with Gasteiger partial charge in [0.2, 0.25) is 0 Å². The zero-order chi connectivity index (χ0) is 17.9. The Morgan fingerprint density at radius 1 is 0.708 bits per heavy atom. The van der Waals surface area contributed by atoms with Crippen LogP contribution in [0.3, 0.4) is 0 Å². The highest BCUT2D eigenvalue weighted by atomic mass is 16.3. The summed E-state index contributed by atoms with van der Waals surface area (Å²) >= 11 is 0. The monoisotopic (exact) mass is 334 g/mol. The van der Waals surface area contributed by atoms with Gasteiger partial charge < -0.3 is 31.1 Å². The molecule has 2 rings (SSSR count). The Morgan fingerprint density at radius 3 is 1.38 bits per heavy atom. The molecule has 24 heavy (non-hydrogen) atoms.